The molecule has 0 aliphatic carbocycles. The fourth-order valence-electron chi connectivity index (χ4n) is 2.89. The van der Waals surface area contributed by atoms with E-state index in [9.17, 15) is 4.79 Å². The number of para-hydroxylation sites is 1. The minimum Gasteiger partial charge on any atom is -0.496 e. The summed E-state index contributed by atoms with van der Waals surface area (Å²) in [4.78, 5) is 15.8. The first kappa shape index (κ1) is 18.5. The topological polar surface area (TPSA) is 56.1 Å². The number of imidazole rings is 1. The molecule has 2 aromatic carbocycles. The number of hydrogen-bond donors (Lipinski definition) is 1. The standard InChI is InChI=1S/C22H23N3O2/c1-17(26)23-14-15-25-16-24-22(19-9-4-3-5-10-19)20(25)13-12-18-8-6-7-11-21(18)27-2/h3-13,16H,14-15H2,1-2H3,(H,23,26)/b13-12+. The Kier molecular flexibility index (Phi) is 6.05. The maximum Gasteiger partial charge on any atom is 0.216 e. The van der Waals surface area contributed by atoms with Gasteiger partial charge in [-0.15, -0.1) is 0 Å². The first-order valence-corrected chi connectivity index (χ1v) is 8.85. The van der Waals surface area contributed by atoms with E-state index >= 15 is 0 Å². The first-order valence-electron chi connectivity index (χ1n) is 8.85. The zero-order chi connectivity index (χ0) is 19.1. The van der Waals surface area contributed by atoms with Gasteiger partial charge in [-0.3, -0.25) is 4.79 Å². The highest BCUT2D eigenvalue weighted by Gasteiger charge is 2.11. The van der Waals surface area contributed by atoms with E-state index in [4.69, 9.17) is 4.74 Å². The zero-order valence-corrected chi connectivity index (χ0v) is 15.6. The Bertz CT molecular complexity index is 930. The molecule has 0 saturated heterocycles. The van der Waals surface area contributed by atoms with Crippen LogP contribution in [0.5, 0.6) is 5.75 Å². The van der Waals surface area contributed by atoms with E-state index in [1.54, 1.807) is 7.11 Å². The second kappa shape index (κ2) is 8.85. The summed E-state index contributed by atoms with van der Waals surface area (Å²) in [7, 11) is 1.67. The SMILES string of the molecule is COc1ccccc1/C=C/c1c(-c2ccccc2)ncn1CCNC(C)=O. The van der Waals surface area contributed by atoms with Crippen molar-refractivity contribution in [3.63, 3.8) is 0 Å². The molecule has 3 aromatic rings. The van der Waals surface area contributed by atoms with Crippen molar-refractivity contribution in [3.05, 3.63) is 72.2 Å². The van der Waals surface area contributed by atoms with E-state index in [0.29, 0.717) is 13.1 Å². The van der Waals surface area contributed by atoms with Gasteiger partial charge in [0, 0.05) is 31.1 Å². The molecule has 138 valence electrons. The second-order valence-corrected chi connectivity index (χ2v) is 6.10. The van der Waals surface area contributed by atoms with Crippen LogP contribution in [0.4, 0.5) is 0 Å². The summed E-state index contributed by atoms with van der Waals surface area (Å²) < 4.78 is 7.48. The third-order valence-corrected chi connectivity index (χ3v) is 4.21. The van der Waals surface area contributed by atoms with Crippen LogP contribution in [0.15, 0.2) is 60.9 Å². The summed E-state index contributed by atoms with van der Waals surface area (Å²) in [6.45, 7) is 2.71. The van der Waals surface area contributed by atoms with E-state index in [1.165, 1.54) is 6.92 Å². The van der Waals surface area contributed by atoms with Crippen LogP contribution >= 0.6 is 0 Å². The van der Waals surface area contributed by atoms with E-state index in [0.717, 1.165) is 28.3 Å². The van der Waals surface area contributed by atoms with Gasteiger partial charge in [0.1, 0.15) is 5.75 Å². The highest BCUT2D eigenvalue weighted by Crippen LogP contribution is 2.26. The molecular weight excluding hydrogens is 338 g/mol. The quantitative estimate of drug-likeness (QED) is 0.695. The molecule has 0 saturated carbocycles. The van der Waals surface area contributed by atoms with Gasteiger partial charge in [0.2, 0.25) is 5.91 Å². The van der Waals surface area contributed by atoms with Gasteiger partial charge in [-0.1, -0.05) is 48.5 Å². The lowest BCUT2D eigenvalue weighted by Crippen LogP contribution is -2.24. The predicted octanol–water partition coefficient (Wildman–Crippen LogP) is 3.87. The number of hydrogen-bond acceptors (Lipinski definition) is 3. The molecule has 1 N–H and O–H groups in total. The summed E-state index contributed by atoms with van der Waals surface area (Å²) in [5.74, 6) is 0.781. The second-order valence-electron chi connectivity index (χ2n) is 6.10. The monoisotopic (exact) mass is 361 g/mol. The van der Waals surface area contributed by atoms with Crippen LogP contribution in [-0.2, 0) is 11.3 Å². The third kappa shape index (κ3) is 4.64. The minimum atomic E-state index is -0.0375. The predicted molar refractivity (Wildman–Crippen MR) is 108 cm³/mol. The normalized spacial score (nSPS) is 10.9. The van der Waals surface area contributed by atoms with E-state index in [-0.39, 0.29) is 5.91 Å². The smallest absolute Gasteiger partial charge is 0.216 e. The van der Waals surface area contributed by atoms with Crippen LogP contribution in [0.25, 0.3) is 23.4 Å². The van der Waals surface area contributed by atoms with Crippen molar-refractivity contribution in [2.24, 2.45) is 0 Å². The molecule has 0 bridgehead atoms. The molecule has 0 radical (unpaired) electrons. The van der Waals surface area contributed by atoms with Crippen LogP contribution in [-0.4, -0.2) is 29.1 Å². The number of benzene rings is 2. The van der Waals surface area contributed by atoms with Gasteiger partial charge >= 0.3 is 0 Å². The van der Waals surface area contributed by atoms with Crippen molar-refractivity contribution in [2.75, 3.05) is 13.7 Å². The Hall–Kier alpha value is -3.34. The van der Waals surface area contributed by atoms with Gasteiger partial charge in [0.15, 0.2) is 0 Å². The van der Waals surface area contributed by atoms with Gasteiger partial charge in [-0.2, -0.15) is 0 Å². The summed E-state index contributed by atoms with van der Waals surface area (Å²) in [6.07, 6.45) is 5.88. The van der Waals surface area contributed by atoms with E-state index in [2.05, 4.69) is 10.3 Å². The van der Waals surface area contributed by atoms with Crippen molar-refractivity contribution in [2.45, 2.75) is 13.5 Å². The Morgan fingerprint density at radius 2 is 1.85 bits per heavy atom. The van der Waals surface area contributed by atoms with Crippen molar-refractivity contribution >= 4 is 18.1 Å². The Morgan fingerprint density at radius 1 is 1.11 bits per heavy atom. The van der Waals surface area contributed by atoms with Crippen molar-refractivity contribution < 1.29 is 9.53 Å². The van der Waals surface area contributed by atoms with Crippen LogP contribution in [0, 0.1) is 0 Å². The third-order valence-electron chi connectivity index (χ3n) is 4.21. The molecule has 1 heterocycles. The maximum atomic E-state index is 11.2. The van der Waals surface area contributed by atoms with Crippen LogP contribution < -0.4 is 10.1 Å². The largest absolute Gasteiger partial charge is 0.496 e. The highest BCUT2D eigenvalue weighted by atomic mass is 16.5. The van der Waals surface area contributed by atoms with E-state index < -0.39 is 0 Å². The van der Waals surface area contributed by atoms with Gasteiger partial charge in [-0.25, -0.2) is 4.98 Å². The molecule has 27 heavy (non-hydrogen) atoms. The molecule has 0 spiro atoms. The molecule has 5 heteroatoms. The lowest BCUT2D eigenvalue weighted by Gasteiger charge is -2.08. The molecule has 0 fully saturated rings. The van der Waals surface area contributed by atoms with Gasteiger partial charge in [0.05, 0.1) is 24.8 Å². The number of nitrogens with one attached hydrogen (secondary N) is 1. The number of ether oxygens (including phenoxy) is 1. The lowest BCUT2D eigenvalue weighted by molar-refractivity contribution is -0.118. The average Bonchev–Trinajstić information content (AvgIpc) is 3.09. The van der Waals surface area contributed by atoms with Crippen LogP contribution in [0.3, 0.4) is 0 Å². The molecule has 5 nitrogen and oxygen atoms in total. The highest BCUT2D eigenvalue weighted by molar-refractivity contribution is 5.78. The van der Waals surface area contributed by atoms with Crippen LogP contribution in [0.2, 0.25) is 0 Å². The summed E-state index contributed by atoms with van der Waals surface area (Å²) in [5.41, 5.74) is 3.94. The van der Waals surface area contributed by atoms with Crippen molar-refractivity contribution in [1.29, 1.82) is 0 Å². The van der Waals surface area contributed by atoms with Crippen molar-refractivity contribution in [3.8, 4) is 17.0 Å². The van der Waals surface area contributed by atoms with Crippen LogP contribution in [0.1, 0.15) is 18.2 Å². The number of nitrogens with zero attached hydrogens (tertiary/aromatic N) is 2. The number of aromatic nitrogens is 2. The fraction of sp³-hybridized carbons (Fsp3) is 0.182. The number of rotatable bonds is 7. The molecule has 3 rings (SSSR count). The molecule has 1 aromatic heterocycles. The number of amides is 1. The first-order chi connectivity index (χ1) is 13.2. The van der Waals surface area contributed by atoms with E-state index in [1.807, 2.05) is 77.6 Å². The number of methoxy groups -OCH3 is 1. The average molecular weight is 361 g/mol. The molecule has 1 amide bonds. The Balaban J connectivity index is 1.95. The Morgan fingerprint density at radius 3 is 2.59 bits per heavy atom. The zero-order valence-electron chi connectivity index (χ0n) is 15.6. The van der Waals surface area contributed by atoms with Gasteiger partial charge in [-0.05, 0) is 18.2 Å². The fourth-order valence-corrected chi connectivity index (χ4v) is 2.89. The maximum absolute atomic E-state index is 11.2. The van der Waals surface area contributed by atoms with Gasteiger partial charge in [0.25, 0.3) is 0 Å². The minimum absolute atomic E-state index is 0.0375. The van der Waals surface area contributed by atoms with Gasteiger partial charge < -0.3 is 14.6 Å². The van der Waals surface area contributed by atoms with Crippen molar-refractivity contribution in [1.82, 2.24) is 14.9 Å². The molecule has 0 unspecified atom stereocenters. The Labute approximate surface area is 159 Å². The molecule has 0 atom stereocenters. The summed E-state index contributed by atoms with van der Waals surface area (Å²) >= 11 is 0. The lowest BCUT2D eigenvalue weighted by atomic mass is 10.1. The summed E-state index contributed by atoms with van der Waals surface area (Å²) in [6, 6.07) is 17.9. The molecular formula is C22H23N3O2. The summed E-state index contributed by atoms with van der Waals surface area (Å²) in [5, 5.41) is 2.83. The number of carbonyl (C=O) groups excluding carboxylic acids is 1. The molecule has 0 aliphatic rings. The number of carbonyl (C=O) groups is 1. The molecule has 0 aliphatic heterocycles.